The first-order valence-corrected chi connectivity index (χ1v) is 7.16. The summed E-state index contributed by atoms with van der Waals surface area (Å²) in [6.45, 7) is 2.61. The van der Waals surface area contributed by atoms with Gasteiger partial charge in [0.2, 0.25) is 11.8 Å². The van der Waals surface area contributed by atoms with Crippen molar-refractivity contribution in [2.75, 3.05) is 13.1 Å². The number of carboxylic acids is 1. The number of carbonyl (C=O) groups excluding carboxylic acids is 2. The minimum atomic E-state index is -5.08. The highest BCUT2D eigenvalue weighted by molar-refractivity contribution is 5.87. The minimum Gasteiger partial charge on any atom is -0.475 e. The zero-order chi connectivity index (χ0) is 19.5. The molecule has 142 valence electrons. The maximum Gasteiger partial charge on any atom is 0.490 e. The molecule has 0 radical (unpaired) electrons. The van der Waals surface area contributed by atoms with Gasteiger partial charge in [0.25, 0.3) is 0 Å². The number of aliphatic carboxylic acids is 1. The SMILES string of the molecule is CCNC(=O)[C@H](Cc1cnc[nH]1)NC(=O)CCN.O=C(O)C(F)(F)F. The van der Waals surface area contributed by atoms with E-state index in [4.69, 9.17) is 15.6 Å². The zero-order valence-corrected chi connectivity index (χ0v) is 13.4. The van der Waals surface area contributed by atoms with E-state index >= 15 is 0 Å². The van der Waals surface area contributed by atoms with Gasteiger partial charge in [-0.1, -0.05) is 0 Å². The maximum atomic E-state index is 11.8. The predicted octanol–water partition coefficient (Wildman–Crippen LogP) is -0.445. The van der Waals surface area contributed by atoms with Gasteiger partial charge in [0.1, 0.15) is 6.04 Å². The lowest BCUT2D eigenvalue weighted by Gasteiger charge is -2.17. The molecule has 0 aliphatic rings. The molecule has 2 amide bonds. The van der Waals surface area contributed by atoms with Crippen molar-refractivity contribution in [3.05, 3.63) is 18.2 Å². The number of imidazole rings is 1. The van der Waals surface area contributed by atoms with E-state index in [1.807, 2.05) is 6.92 Å². The van der Waals surface area contributed by atoms with Crippen LogP contribution in [0.25, 0.3) is 0 Å². The third kappa shape index (κ3) is 9.96. The van der Waals surface area contributed by atoms with Crippen LogP contribution in [0.15, 0.2) is 12.5 Å². The molecular weight excluding hydrogens is 347 g/mol. The Morgan fingerprint density at radius 3 is 2.40 bits per heavy atom. The molecule has 12 heteroatoms. The summed E-state index contributed by atoms with van der Waals surface area (Å²) in [7, 11) is 0. The summed E-state index contributed by atoms with van der Waals surface area (Å²) in [6, 6.07) is -0.607. The number of amides is 2. The number of H-pyrrole nitrogens is 1. The number of carbonyl (C=O) groups is 3. The van der Waals surface area contributed by atoms with Crippen LogP contribution in [0.4, 0.5) is 13.2 Å². The van der Waals surface area contributed by atoms with Crippen LogP contribution in [-0.2, 0) is 20.8 Å². The smallest absolute Gasteiger partial charge is 0.475 e. The summed E-state index contributed by atoms with van der Waals surface area (Å²) in [5.41, 5.74) is 6.09. The van der Waals surface area contributed by atoms with Crippen molar-refractivity contribution in [3.63, 3.8) is 0 Å². The molecule has 1 atom stereocenters. The number of nitrogens with zero attached hydrogens (tertiary/aromatic N) is 1. The van der Waals surface area contributed by atoms with E-state index in [1.165, 1.54) is 6.33 Å². The second-order valence-corrected chi connectivity index (χ2v) is 4.64. The number of rotatable bonds is 7. The summed E-state index contributed by atoms with van der Waals surface area (Å²) in [6.07, 6.45) is -1.34. The Bertz CT molecular complexity index is 548. The van der Waals surface area contributed by atoms with E-state index in [2.05, 4.69) is 20.6 Å². The summed E-state index contributed by atoms with van der Waals surface area (Å²) >= 11 is 0. The van der Waals surface area contributed by atoms with Gasteiger partial charge in [-0.3, -0.25) is 9.59 Å². The maximum absolute atomic E-state index is 11.8. The van der Waals surface area contributed by atoms with Crippen LogP contribution in [-0.4, -0.2) is 58.2 Å². The zero-order valence-electron chi connectivity index (χ0n) is 13.4. The molecule has 0 spiro atoms. The lowest BCUT2D eigenvalue weighted by Crippen LogP contribution is -2.48. The summed E-state index contributed by atoms with van der Waals surface area (Å²) in [5.74, 6) is -3.20. The van der Waals surface area contributed by atoms with E-state index in [0.717, 1.165) is 5.69 Å². The van der Waals surface area contributed by atoms with Crippen molar-refractivity contribution in [1.29, 1.82) is 0 Å². The third-order valence-electron chi connectivity index (χ3n) is 2.60. The molecule has 0 bridgehead atoms. The Morgan fingerprint density at radius 1 is 1.40 bits per heavy atom. The van der Waals surface area contributed by atoms with Crippen molar-refractivity contribution in [1.82, 2.24) is 20.6 Å². The molecule has 0 aromatic carbocycles. The lowest BCUT2D eigenvalue weighted by atomic mass is 10.1. The largest absolute Gasteiger partial charge is 0.490 e. The van der Waals surface area contributed by atoms with Crippen LogP contribution >= 0.6 is 0 Å². The van der Waals surface area contributed by atoms with E-state index in [0.29, 0.717) is 13.0 Å². The number of aromatic nitrogens is 2. The number of alkyl halides is 3. The van der Waals surface area contributed by atoms with Crippen molar-refractivity contribution in [2.24, 2.45) is 5.73 Å². The molecule has 0 saturated carbocycles. The highest BCUT2D eigenvalue weighted by Gasteiger charge is 2.38. The van der Waals surface area contributed by atoms with Crippen LogP contribution in [0.5, 0.6) is 0 Å². The number of likely N-dealkylation sites (N-methyl/N-ethyl adjacent to an activating group) is 1. The molecule has 1 aromatic rings. The van der Waals surface area contributed by atoms with Crippen molar-refractivity contribution in [3.8, 4) is 0 Å². The lowest BCUT2D eigenvalue weighted by molar-refractivity contribution is -0.192. The van der Waals surface area contributed by atoms with Gasteiger partial charge < -0.3 is 26.5 Å². The Kier molecular flexibility index (Phi) is 9.86. The monoisotopic (exact) mass is 367 g/mol. The highest BCUT2D eigenvalue weighted by Crippen LogP contribution is 2.13. The first kappa shape index (κ1) is 22.4. The fraction of sp³-hybridized carbons (Fsp3) is 0.538. The quantitative estimate of drug-likeness (QED) is 0.441. The molecule has 0 saturated heterocycles. The van der Waals surface area contributed by atoms with Gasteiger partial charge in [-0.25, -0.2) is 9.78 Å². The Balaban J connectivity index is 0.000000697. The Labute approximate surface area is 141 Å². The molecule has 6 N–H and O–H groups in total. The average molecular weight is 367 g/mol. The number of halogens is 3. The molecule has 1 rings (SSSR count). The van der Waals surface area contributed by atoms with Crippen molar-refractivity contribution < 1.29 is 32.7 Å². The van der Waals surface area contributed by atoms with Gasteiger partial charge in [0, 0.05) is 37.8 Å². The molecule has 1 heterocycles. The number of hydrogen-bond acceptors (Lipinski definition) is 5. The number of aromatic amines is 1. The van der Waals surface area contributed by atoms with Crippen LogP contribution in [0.3, 0.4) is 0 Å². The van der Waals surface area contributed by atoms with Gasteiger partial charge in [-0.15, -0.1) is 0 Å². The normalized spacial score (nSPS) is 11.7. The van der Waals surface area contributed by atoms with Crippen LogP contribution in [0.1, 0.15) is 19.0 Å². The van der Waals surface area contributed by atoms with Gasteiger partial charge >= 0.3 is 12.1 Å². The molecule has 9 nitrogen and oxygen atoms in total. The molecule has 25 heavy (non-hydrogen) atoms. The average Bonchev–Trinajstić information content (AvgIpc) is 2.99. The second kappa shape index (κ2) is 11.0. The van der Waals surface area contributed by atoms with Crippen LogP contribution < -0.4 is 16.4 Å². The highest BCUT2D eigenvalue weighted by atomic mass is 19.4. The number of hydrogen-bond donors (Lipinski definition) is 5. The van der Waals surface area contributed by atoms with Crippen molar-refractivity contribution in [2.45, 2.75) is 32.0 Å². The van der Waals surface area contributed by atoms with Crippen LogP contribution in [0, 0.1) is 0 Å². The molecule has 1 aromatic heterocycles. The molecule has 0 unspecified atom stereocenters. The molecular formula is C13H20F3N5O4. The number of nitrogens with one attached hydrogen (secondary N) is 3. The fourth-order valence-corrected chi connectivity index (χ4v) is 1.52. The molecule has 0 fully saturated rings. The van der Waals surface area contributed by atoms with Gasteiger partial charge in [0.15, 0.2) is 0 Å². The van der Waals surface area contributed by atoms with E-state index in [1.54, 1.807) is 6.20 Å². The van der Waals surface area contributed by atoms with Crippen LogP contribution in [0.2, 0.25) is 0 Å². The van der Waals surface area contributed by atoms with Crippen molar-refractivity contribution >= 4 is 17.8 Å². The standard InChI is InChI=1S/C11H19N5O2.C2HF3O2/c1-2-14-11(18)9(16-10(17)3-4-12)5-8-6-13-7-15-8;3-2(4,5)1(6)7/h6-7,9H,2-5,12H2,1H3,(H,13,15)(H,14,18)(H,16,17);(H,6,7)/t9-;/m0./s1. The van der Waals surface area contributed by atoms with Gasteiger partial charge in [-0.05, 0) is 6.92 Å². The van der Waals surface area contributed by atoms with Gasteiger partial charge in [0.05, 0.1) is 6.33 Å². The summed E-state index contributed by atoms with van der Waals surface area (Å²) < 4.78 is 31.7. The molecule has 0 aliphatic carbocycles. The summed E-state index contributed by atoms with van der Waals surface area (Å²) in [5, 5.41) is 12.5. The second-order valence-electron chi connectivity index (χ2n) is 4.64. The fourth-order valence-electron chi connectivity index (χ4n) is 1.52. The summed E-state index contributed by atoms with van der Waals surface area (Å²) in [4.78, 5) is 39.0. The Hall–Kier alpha value is -2.63. The van der Waals surface area contributed by atoms with E-state index in [-0.39, 0.29) is 24.8 Å². The van der Waals surface area contributed by atoms with Gasteiger partial charge in [-0.2, -0.15) is 13.2 Å². The third-order valence-corrected chi connectivity index (χ3v) is 2.60. The predicted molar refractivity (Wildman–Crippen MR) is 80.3 cm³/mol. The number of nitrogens with two attached hydrogens (primary N) is 1. The minimum absolute atomic E-state index is 0.207. The molecule has 0 aliphatic heterocycles. The first-order chi connectivity index (χ1) is 11.6. The topological polar surface area (TPSA) is 150 Å². The van der Waals surface area contributed by atoms with E-state index < -0.39 is 18.2 Å². The Morgan fingerprint density at radius 2 is 2.00 bits per heavy atom. The number of carboxylic acid groups (broad SMARTS) is 1. The first-order valence-electron chi connectivity index (χ1n) is 7.16. The van der Waals surface area contributed by atoms with E-state index in [9.17, 15) is 22.8 Å².